The first-order valence-corrected chi connectivity index (χ1v) is 7.28. The summed E-state index contributed by atoms with van der Waals surface area (Å²) in [5, 5.41) is 0. The van der Waals surface area contributed by atoms with Crippen molar-refractivity contribution in [3.63, 3.8) is 0 Å². The predicted octanol–water partition coefficient (Wildman–Crippen LogP) is 5.83. The van der Waals surface area contributed by atoms with Crippen molar-refractivity contribution in [1.82, 2.24) is 0 Å². The summed E-state index contributed by atoms with van der Waals surface area (Å²) in [7, 11) is 0. The second-order valence-corrected chi connectivity index (χ2v) is 5.29. The highest BCUT2D eigenvalue weighted by atomic mass is 14.3. The average Bonchev–Trinajstić information content (AvgIpc) is 2.30. The molecule has 0 aromatic heterocycles. The van der Waals surface area contributed by atoms with Gasteiger partial charge >= 0.3 is 0 Å². The van der Waals surface area contributed by atoms with Crippen molar-refractivity contribution < 1.29 is 0 Å². The highest BCUT2D eigenvalue weighted by Gasteiger charge is 2.20. The first kappa shape index (κ1) is 15.7. The Morgan fingerprint density at radius 3 is 2.25 bits per heavy atom. The van der Waals surface area contributed by atoms with Gasteiger partial charge in [-0.05, 0) is 37.5 Å². The van der Waals surface area contributed by atoms with Crippen LogP contribution in [0, 0.1) is 17.8 Å². The molecule has 96 valence electrons. The number of unbranched alkanes of at least 4 members (excludes halogenated alkanes) is 1. The summed E-state index contributed by atoms with van der Waals surface area (Å²) in [4.78, 5) is 0. The SMILES string of the molecule is C/C=C\CCC(C)C(C)[C@H](CC)CCCC. The minimum absolute atomic E-state index is 0.873. The third-order valence-corrected chi connectivity index (χ3v) is 4.12. The van der Waals surface area contributed by atoms with Crippen molar-refractivity contribution in [2.24, 2.45) is 17.8 Å². The van der Waals surface area contributed by atoms with E-state index < -0.39 is 0 Å². The molecule has 0 fully saturated rings. The van der Waals surface area contributed by atoms with Crippen LogP contribution in [0.5, 0.6) is 0 Å². The van der Waals surface area contributed by atoms with Gasteiger partial charge < -0.3 is 0 Å². The summed E-state index contributed by atoms with van der Waals surface area (Å²) < 4.78 is 0. The molecule has 0 rings (SSSR count). The molecule has 0 N–H and O–H groups in total. The predicted molar refractivity (Wildman–Crippen MR) is 75.7 cm³/mol. The van der Waals surface area contributed by atoms with E-state index in [0.717, 1.165) is 17.8 Å². The molecule has 0 spiro atoms. The summed E-state index contributed by atoms with van der Waals surface area (Å²) in [6, 6.07) is 0. The first-order chi connectivity index (χ1) is 7.67. The van der Waals surface area contributed by atoms with E-state index in [1.165, 1.54) is 38.5 Å². The van der Waals surface area contributed by atoms with E-state index in [2.05, 4.69) is 46.8 Å². The van der Waals surface area contributed by atoms with Gasteiger partial charge in [-0.15, -0.1) is 0 Å². The smallest absolute Gasteiger partial charge is 0.0348 e. The molecule has 16 heavy (non-hydrogen) atoms. The first-order valence-electron chi connectivity index (χ1n) is 7.28. The number of hydrogen-bond donors (Lipinski definition) is 0. The van der Waals surface area contributed by atoms with Gasteiger partial charge in [0.15, 0.2) is 0 Å². The van der Waals surface area contributed by atoms with E-state index in [1.54, 1.807) is 0 Å². The van der Waals surface area contributed by atoms with E-state index in [4.69, 9.17) is 0 Å². The zero-order valence-corrected chi connectivity index (χ0v) is 12.1. The molecule has 0 heteroatoms. The second-order valence-electron chi connectivity index (χ2n) is 5.29. The van der Waals surface area contributed by atoms with Crippen molar-refractivity contribution in [2.45, 2.75) is 73.1 Å². The minimum atomic E-state index is 0.873. The van der Waals surface area contributed by atoms with Gasteiger partial charge in [0, 0.05) is 0 Å². The van der Waals surface area contributed by atoms with E-state index in [-0.39, 0.29) is 0 Å². The summed E-state index contributed by atoms with van der Waals surface area (Å²) in [5.41, 5.74) is 0. The van der Waals surface area contributed by atoms with Crippen LogP contribution in [-0.2, 0) is 0 Å². The molecule has 0 saturated carbocycles. The van der Waals surface area contributed by atoms with Crippen molar-refractivity contribution in [1.29, 1.82) is 0 Å². The molecule has 0 aromatic rings. The molecule has 0 aromatic carbocycles. The summed E-state index contributed by atoms with van der Waals surface area (Å²) >= 11 is 0. The zero-order chi connectivity index (χ0) is 12.4. The molecular formula is C16H32. The zero-order valence-electron chi connectivity index (χ0n) is 12.1. The van der Waals surface area contributed by atoms with Gasteiger partial charge in [0.1, 0.15) is 0 Å². The van der Waals surface area contributed by atoms with Crippen LogP contribution in [0.3, 0.4) is 0 Å². The van der Waals surface area contributed by atoms with Crippen LogP contribution in [-0.4, -0.2) is 0 Å². The third-order valence-electron chi connectivity index (χ3n) is 4.12. The second kappa shape index (κ2) is 9.93. The molecule has 0 aliphatic rings. The molecular weight excluding hydrogens is 192 g/mol. The lowest BCUT2D eigenvalue weighted by atomic mass is 9.78. The van der Waals surface area contributed by atoms with Gasteiger partial charge in [0.25, 0.3) is 0 Å². The van der Waals surface area contributed by atoms with E-state index in [0.29, 0.717) is 0 Å². The summed E-state index contributed by atoms with van der Waals surface area (Å²) in [5.74, 6) is 2.71. The lowest BCUT2D eigenvalue weighted by molar-refractivity contribution is 0.228. The Hall–Kier alpha value is -0.260. The van der Waals surface area contributed by atoms with Crippen LogP contribution in [0.1, 0.15) is 73.1 Å². The Morgan fingerprint density at radius 2 is 1.75 bits per heavy atom. The topological polar surface area (TPSA) is 0 Å². The Labute approximate surface area is 104 Å². The van der Waals surface area contributed by atoms with Crippen LogP contribution in [0.4, 0.5) is 0 Å². The largest absolute Gasteiger partial charge is 0.0917 e. The fraction of sp³-hybridized carbons (Fsp3) is 0.875. The van der Waals surface area contributed by atoms with Gasteiger partial charge in [-0.2, -0.15) is 0 Å². The van der Waals surface area contributed by atoms with Gasteiger partial charge in [0.05, 0.1) is 0 Å². The van der Waals surface area contributed by atoms with Crippen molar-refractivity contribution in [3.05, 3.63) is 12.2 Å². The van der Waals surface area contributed by atoms with Crippen LogP contribution in [0.2, 0.25) is 0 Å². The van der Waals surface area contributed by atoms with Gasteiger partial charge in [-0.25, -0.2) is 0 Å². The van der Waals surface area contributed by atoms with Gasteiger partial charge in [0.2, 0.25) is 0 Å². The Kier molecular flexibility index (Phi) is 9.77. The van der Waals surface area contributed by atoms with Crippen molar-refractivity contribution in [2.75, 3.05) is 0 Å². The van der Waals surface area contributed by atoms with Crippen molar-refractivity contribution in [3.8, 4) is 0 Å². The molecule has 0 aliphatic carbocycles. The van der Waals surface area contributed by atoms with Gasteiger partial charge in [-0.1, -0.05) is 65.5 Å². The van der Waals surface area contributed by atoms with E-state index >= 15 is 0 Å². The minimum Gasteiger partial charge on any atom is -0.0917 e. The highest BCUT2D eigenvalue weighted by molar-refractivity contribution is 4.79. The van der Waals surface area contributed by atoms with E-state index in [9.17, 15) is 0 Å². The Morgan fingerprint density at radius 1 is 1.06 bits per heavy atom. The third kappa shape index (κ3) is 6.35. The number of allylic oxidation sites excluding steroid dienone is 2. The normalized spacial score (nSPS) is 17.6. The molecule has 0 nitrogen and oxygen atoms in total. The fourth-order valence-corrected chi connectivity index (χ4v) is 2.56. The van der Waals surface area contributed by atoms with E-state index in [1.807, 2.05) is 0 Å². The highest BCUT2D eigenvalue weighted by Crippen LogP contribution is 2.30. The van der Waals surface area contributed by atoms with Gasteiger partial charge in [-0.3, -0.25) is 0 Å². The lowest BCUT2D eigenvalue weighted by Gasteiger charge is -2.28. The van der Waals surface area contributed by atoms with Crippen LogP contribution < -0.4 is 0 Å². The summed E-state index contributed by atoms with van der Waals surface area (Å²) in [6.45, 7) is 11.7. The molecule has 0 saturated heterocycles. The van der Waals surface area contributed by atoms with Crippen LogP contribution in [0.15, 0.2) is 12.2 Å². The molecule has 0 amide bonds. The molecule has 0 bridgehead atoms. The Bertz CT molecular complexity index is 169. The van der Waals surface area contributed by atoms with Crippen LogP contribution in [0.25, 0.3) is 0 Å². The maximum atomic E-state index is 2.46. The maximum Gasteiger partial charge on any atom is -0.0348 e. The molecule has 0 heterocycles. The Balaban J connectivity index is 3.99. The molecule has 0 radical (unpaired) electrons. The molecule has 3 atom stereocenters. The standard InChI is InChI=1S/C16H32/c1-6-9-11-12-14(4)15(5)16(8-3)13-10-7-2/h6,9,14-16H,7-8,10-13H2,1-5H3/b9-6-/t14?,15?,16-/m1/s1. The number of rotatable bonds is 9. The molecule has 0 aliphatic heterocycles. The van der Waals surface area contributed by atoms with Crippen molar-refractivity contribution >= 4 is 0 Å². The lowest BCUT2D eigenvalue weighted by Crippen LogP contribution is -2.18. The quantitative estimate of drug-likeness (QED) is 0.432. The maximum absolute atomic E-state index is 2.46. The monoisotopic (exact) mass is 224 g/mol. The fourth-order valence-electron chi connectivity index (χ4n) is 2.56. The summed E-state index contributed by atoms with van der Waals surface area (Å²) in [6.07, 6.45) is 12.6. The average molecular weight is 224 g/mol. The number of hydrogen-bond acceptors (Lipinski definition) is 0. The molecule has 2 unspecified atom stereocenters. The van der Waals surface area contributed by atoms with Crippen LogP contribution >= 0.6 is 0 Å².